The Morgan fingerprint density at radius 3 is 2.58 bits per heavy atom. The number of fused-ring (bicyclic) bond motifs is 1. The minimum atomic E-state index is -1.22. The highest BCUT2D eigenvalue weighted by Gasteiger charge is 2.49. The van der Waals surface area contributed by atoms with Crippen LogP contribution in [0.4, 0.5) is 4.79 Å². The number of imide groups is 1. The fourth-order valence-electron chi connectivity index (χ4n) is 3.93. The first kappa shape index (κ1) is 22.6. The van der Waals surface area contributed by atoms with E-state index in [4.69, 9.17) is 4.74 Å². The number of nitrogens with one attached hydrogen (secondary N) is 2. The lowest BCUT2D eigenvalue weighted by Crippen LogP contribution is -2.45. The first-order valence-corrected chi connectivity index (χ1v) is 10.8. The third-order valence-corrected chi connectivity index (χ3v) is 5.85. The standard InChI is InChI=1S/C24H31N3O4/c1-5-6-7-8-16(2)25-21(28)15-27-22(29)24(3,26-23(27)30)19-11-9-18-14-20(31-4)12-10-17(18)13-19/h9-14,16H,5-8,15H2,1-4H3,(H,25,28)(H,26,30)/t16-,24-/m0/s1. The predicted molar refractivity (Wildman–Crippen MR) is 120 cm³/mol. The Balaban J connectivity index is 1.72. The molecule has 0 aromatic heterocycles. The second-order valence-corrected chi connectivity index (χ2v) is 8.34. The summed E-state index contributed by atoms with van der Waals surface area (Å²) in [5.74, 6) is -0.0145. The number of ether oxygens (including phenoxy) is 1. The van der Waals surface area contributed by atoms with Crippen molar-refractivity contribution >= 4 is 28.6 Å². The molecule has 2 aromatic rings. The van der Waals surface area contributed by atoms with Gasteiger partial charge in [0.2, 0.25) is 5.91 Å². The molecule has 0 bridgehead atoms. The van der Waals surface area contributed by atoms with E-state index in [1.807, 2.05) is 43.3 Å². The third kappa shape index (κ3) is 4.81. The monoisotopic (exact) mass is 425 g/mol. The van der Waals surface area contributed by atoms with E-state index in [9.17, 15) is 14.4 Å². The van der Waals surface area contributed by atoms with E-state index in [2.05, 4.69) is 17.6 Å². The number of carbonyl (C=O) groups excluding carboxylic acids is 3. The van der Waals surface area contributed by atoms with Gasteiger partial charge >= 0.3 is 6.03 Å². The predicted octanol–water partition coefficient (Wildman–Crippen LogP) is 3.70. The molecule has 3 rings (SSSR count). The summed E-state index contributed by atoms with van der Waals surface area (Å²) in [6, 6.07) is 10.7. The lowest BCUT2D eigenvalue weighted by molar-refractivity contribution is -0.135. The quantitative estimate of drug-likeness (QED) is 0.474. The Morgan fingerprint density at radius 1 is 1.16 bits per heavy atom. The van der Waals surface area contributed by atoms with E-state index in [1.165, 1.54) is 0 Å². The molecule has 1 aliphatic rings. The molecule has 2 N–H and O–H groups in total. The number of nitrogens with zero attached hydrogens (tertiary/aromatic N) is 1. The van der Waals surface area contributed by atoms with Gasteiger partial charge in [0.15, 0.2) is 0 Å². The molecule has 1 aliphatic heterocycles. The average Bonchev–Trinajstić information content (AvgIpc) is 2.97. The van der Waals surface area contributed by atoms with Crippen molar-refractivity contribution in [3.63, 3.8) is 0 Å². The maximum atomic E-state index is 13.1. The molecule has 31 heavy (non-hydrogen) atoms. The lowest BCUT2D eigenvalue weighted by Gasteiger charge is -2.23. The Kier molecular flexibility index (Phi) is 6.83. The van der Waals surface area contributed by atoms with Crippen molar-refractivity contribution in [2.75, 3.05) is 13.7 Å². The zero-order valence-corrected chi connectivity index (χ0v) is 18.7. The van der Waals surface area contributed by atoms with Gasteiger partial charge in [0.25, 0.3) is 5.91 Å². The molecule has 0 spiro atoms. The molecule has 1 saturated heterocycles. The second-order valence-electron chi connectivity index (χ2n) is 8.34. The number of hydrogen-bond acceptors (Lipinski definition) is 4. The van der Waals surface area contributed by atoms with Crippen LogP contribution < -0.4 is 15.4 Å². The van der Waals surface area contributed by atoms with Crippen LogP contribution in [0.2, 0.25) is 0 Å². The van der Waals surface area contributed by atoms with Crippen LogP contribution in [0.5, 0.6) is 5.75 Å². The lowest BCUT2D eigenvalue weighted by atomic mass is 9.90. The fraction of sp³-hybridized carbons (Fsp3) is 0.458. The highest BCUT2D eigenvalue weighted by molar-refractivity contribution is 6.09. The largest absolute Gasteiger partial charge is 0.497 e. The molecule has 166 valence electrons. The summed E-state index contributed by atoms with van der Waals surface area (Å²) in [6.45, 7) is 5.45. The number of methoxy groups -OCH3 is 1. The number of urea groups is 1. The van der Waals surface area contributed by atoms with E-state index >= 15 is 0 Å². The summed E-state index contributed by atoms with van der Waals surface area (Å²) in [5, 5.41) is 7.55. The van der Waals surface area contributed by atoms with Gasteiger partial charge in [0.1, 0.15) is 17.8 Å². The second kappa shape index (κ2) is 9.37. The van der Waals surface area contributed by atoms with Crippen LogP contribution in [0.1, 0.15) is 52.0 Å². The summed E-state index contributed by atoms with van der Waals surface area (Å²) in [7, 11) is 1.61. The Hall–Kier alpha value is -3.09. The molecular formula is C24H31N3O4. The van der Waals surface area contributed by atoms with Gasteiger partial charge in [-0.1, -0.05) is 44.4 Å². The molecule has 4 amide bonds. The first-order chi connectivity index (χ1) is 14.8. The van der Waals surface area contributed by atoms with Crippen LogP contribution in [-0.2, 0) is 15.1 Å². The van der Waals surface area contributed by atoms with Crippen LogP contribution in [-0.4, -0.2) is 42.4 Å². The zero-order chi connectivity index (χ0) is 22.6. The van der Waals surface area contributed by atoms with Crippen molar-refractivity contribution in [3.8, 4) is 5.75 Å². The number of benzene rings is 2. The fourth-order valence-corrected chi connectivity index (χ4v) is 3.93. The highest BCUT2D eigenvalue weighted by Crippen LogP contribution is 2.32. The van der Waals surface area contributed by atoms with Gasteiger partial charge in [0, 0.05) is 6.04 Å². The van der Waals surface area contributed by atoms with Gasteiger partial charge in [-0.15, -0.1) is 0 Å². The van der Waals surface area contributed by atoms with Crippen molar-refractivity contribution in [3.05, 3.63) is 42.0 Å². The number of amides is 4. The van der Waals surface area contributed by atoms with Crippen LogP contribution >= 0.6 is 0 Å². The number of carbonyl (C=O) groups is 3. The van der Waals surface area contributed by atoms with Crippen molar-refractivity contribution in [2.45, 2.75) is 58.0 Å². The summed E-state index contributed by atoms with van der Waals surface area (Å²) in [5.41, 5.74) is -0.558. The van der Waals surface area contributed by atoms with Gasteiger partial charge < -0.3 is 15.4 Å². The van der Waals surface area contributed by atoms with Crippen molar-refractivity contribution < 1.29 is 19.1 Å². The van der Waals surface area contributed by atoms with Gasteiger partial charge in [-0.25, -0.2) is 4.79 Å². The van der Waals surface area contributed by atoms with Crippen LogP contribution in [0.3, 0.4) is 0 Å². The summed E-state index contributed by atoms with van der Waals surface area (Å²) < 4.78 is 5.25. The zero-order valence-electron chi connectivity index (χ0n) is 18.7. The first-order valence-electron chi connectivity index (χ1n) is 10.8. The highest BCUT2D eigenvalue weighted by atomic mass is 16.5. The maximum Gasteiger partial charge on any atom is 0.325 e. The topological polar surface area (TPSA) is 87.7 Å². The van der Waals surface area contributed by atoms with E-state index in [-0.39, 0.29) is 18.5 Å². The molecule has 7 nitrogen and oxygen atoms in total. The third-order valence-electron chi connectivity index (χ3n) is 5.85. The normalized spacial score (nSPS) is 19.4. The Morgan fingerprint density at radius 2 is 1.87 bits per heavy atom. The summed E-state index contributed by atoms with van der Waals surface area (Å²) >= 11 is 0. The molecule has 2 aromatic carbocycles. The van der Waals surface area contributed by atoms with Crippen molar-refractivity contribution in [1.82, 2.24) is 15.5 Å². The van der Waals surface area contributed by atoms with Crippen molar-refractivity contribution in [2.24, 2.45) is 0 Å². The minimum Gasteiger partial charge on any atom is -0.497 e. The number of unbranched alkanes of at least 4 members (excludes halogenated alkanes) is 2. The molecule has 0 aliphatic carbocycles. The van der Waals surface area contributed by atoms with Gasteiger partial charge in [-0.05, 0) is 54.8 Å². The van der Waals surface area contributed by atoms with E-state index in [0.717, 1.165) is 47.1 Å². The average molecular weight is 426 g/mol. The molecule has 0 saturated carbocycles. The van der Waals surface area contributed by atoms with Crippen LogP contribution in [0.25, 0.3) is 10.8 Å². The molecular weight excluding hydrogens is 394 g/mol. The van der Waals surface area contributed by atoms with Crippen LogP contribution in [0, 0.1) is 0 Å². The van der Waals surface area contributed by atoms with Gasteiger partial charge in [-0.3, -0.25) is 14.5 Å². The van der Waals surface area contributed by atoms with Gasteiger partial charge in [0.05, 0.1) is 7.11 Å². The summed E-state index contributed by atoms with van der Waals surface area (Å²) in [4.78, 5) is 39.1. The molecule has 2 atom stereocenters. The Bertz CT molecular complexity index is 990. The smallest absolute Gasteiger partial charge is 0.325 e. The van der Waals surface area contributed by atoms with E-state index < -0.39 is 17.5 Å². The molecule has 1 fully saturated rings. The number of rotatable bonds is 9. The molecule has 7 heteroatoms. The van der Waals surface area contributed by atoms with Crippen molar-refractivity contribution in [1.29, 1.82) is 0 Å². The minimum absolute atomic E-state index is 0.00341. The number of hydrogen-bond donors (Lipinski definition) is 2. The molecule has 0 radical (unpaired) electrons. The maximum absolute atomic E-state index is 13.1. The Labute approximate surface area is 183 Å². The van der Waals surface area contributed by atoms with Crippen LogP contribution in [0.15, 0.2) is 36.4 Å². The van der Waals surface area contributed by atoms with Gasteiger partial charge in [-0.2, -0.15) is 0 Å². The van der Waals surface area contributed by atoms with E-state index in [0.29, 0.717) is 5.56 Å². The molecule has 1 heterocycles. The molecule has 0 unspecified atom stereocenters. The summed E-state index contributed by atoms with van der Waals surface area (Å²) in [6.07, 6.45) is 4.14. The van der Waals surface area contributed by atoms with E-state index in [1.54, 1.807) is 14.0 Å². The SMILES string of the molecule is CCCCC[C@H](C)NC(=O)CN1C(=O)N[C@@](C)(c2ccc3cc(OC)ccc3c2)C1=O.